The molecule has 0 bridgehead atoms. The lowest BCUT2D eigenvalue weighted by atomic mass is 10.1. The number of fused-ring (bicyclic) bond motifs is 1. The Labute approximate surface area is 249 Å². The third kappa shape index (κ3) is 7.89. The Morgan fingerprint density at radius 2 is 1.85 bits per heavy atom. The second-order valence-corrected chi connectivity index (χ2v) is 11.6. The molecule has 0 spiro atoms. The summed E-state index contributed by atoms with van der Waals surface area (Å²) in [5, 5.41) is 0.311. The van der Waals surface area contributed by atoms with Gasteiger partial charge in [0.25, 0.3) is 0 Å². The molecule has 1 aliphatic heterocycles. The van der Waals surface area contributed by atoms with Crippen LogP contribution in [0.4, 0.5) is 4.79 Å². The van der Waals surface area contributed by atoms with E-state index in [4.69, 9.17) is 14.2 Å². The molecule has 214 valence electrons. The van der Waals surface area contributed by atoms with Crippen LogP contribution in [0.5, 0.6) is 5.75 Å². The lowest BCUT2D eigenvalue weighted by Gasteiger charge is -2.39. The molecule has 0 aliphatic carbocycles. The Bertz CT molecular complexity index is 1310. The molecule has 10 nitrogen and oxygen atoms in total. The van der Waals surface area contributed by atoms with Gasteiger partial charge in [-0.05, 0) is 32.4 Å². The molecule has 1 unspecified atom stereocenters. The quantitative estimate of drug-likeness (QED) is 0.131. The summed E-state index contributed by atoms with van der Waals surface area (Å²) >= 11 is 0. The number of imidazole rings is 1. The number of para-hydroxylation sites is 2. The van der Waals surface area contributed by atoms with Gasteiger partial charge in [-0.25, -0.2) is 9.78 Å². The standard InChI is InChI=1S/C27H38N5O5S.HI/c1-20-17-28-23(21(2)25(20)35-5)18-38(34)26-29-22-9-6-7-10-24(22)31(26)19-37-27(33)36-16-8-11-30-12-14-32(3,4)15-13-30;/h6-7,9-10,17H,8,11-16,18-19H2,1-5H3;1H/q+1;/p-1. The lowest BCUT2D eigenvalue weighted by molar-refractivity contribution is -0.894. The first-order valence-corrected chi connectivity index (χ1v) is 14.2. The molecular weight excluding hydrogens is 633 g/mol. The van der Waals surface area contributed by atoms with E-state index in [0.29, 0.717) is 16.4 Å². The second-order valence-electron chi connectivity index (χ2n) is 10.3. The third-order valence-electron chi connectivity index (χ3n) is 7.03. The SMILES string of the molecule is COc1c(C)cnc(CS(=O)c2nc3ccccc3n2COC(=O)OCCCN2CC[N+](C)(C)CC2)c1C.[I-]. The van der Waals surface area contributed by atoms with E-state index in [1.807, 2.05) is 38.1 Å². The summed E-state index contributed by atoms with van der Waals surface area (Å²) in [5.74, 6) is 0.887. The zero-order valence-corrected chi connectivity index (χ0v) is 26.3. The number of piperazine rings is 1. The van der Waals surface area contributed by atoms with E-state index in [1.165, 1.54) is 0 Å². The molecule has 1 atom stereocenters. The first-order chi connectivity index (χ1) is 18.2. The topological polar surface area (TPSA) is 95.8 Å². The lowest BCUT2D eigenvalue weighted by Crippen LogP contribution is -3.00. The van der Waals surface area contributed by atoms with E-state index < -0.39 is 17.0 Å². The minimum Gasteiger partial charge on any atom is -1.00 e. The molecule has 0 saturated carbocycles. The van der Waals surface area contributed by atoms with E-state index in [-0.39, 0.29) is 43.1 Å². The van der Waals surface area contributed by atoms with Crippen LogP contribution in [0.3, 0.4) is 0 Å². The fourth-order valence-electron chi connectivity index (χ4n) is 4.63. The van der Waals surface area contributed by atoms with E-state index in [2.05, 4.69) is 29.0 Å². The number of benzene rings is 1. The number of halogens is 1. The fourth-order valence-corrected chi connectivity index (χ4v) is 5.90. The summed E-state index contributed by atoms with van der Waals surface area (Å²) in [4.78, 5) is 23.8. The molecule has 1 aromatic carbocycles. The van der Waals surface area contributed by atoms with Crippen molar-refractivity contribution < 1.29 is 51.7 Å². The van der Waals surface area contributed by atoms with Crippen LogP contribution in [-0.4, -0.2) is 94.8 Å². The maximum atomic E-state index is 13.5. The highest BCUT2D eigenvalue weighted by atomic mass is 127. The molecule has 3 aromatic rings. The Hall–Kier alpha value is -2.29. The molecule has 1 fully saturated rings. The number of carbonyl (C=O) groups excluding carboxylic acids is 1. The van der Waals surface area contributed by atoms with Crippen molar-refractivity contribution in [3.63, 3.8) is 0 Å². The molecular formula is C27H38IN5O5S. The Kier molecular flexibility index (Phi) is 11.1. The van der Waals surface area contributed by atoms with Crippen molar-refractivity contribution in [2.75, 3.05) is 60.5 Å². The first-order valence-electron chi connectivity index (χ1n) is 12.8. The van der Waals surface area contributed by atoms with Gasteiger partial charge < -0.3 is 42.7 Å². The number of hydrogen-bond acceptors (Lipinski definition) is 8. The minimum absolute atomic E-state index is 0. The van der Waals surface area contributed by atoms with E-state index in [9.17, 15) is 9.00 Å². The third-order valence-corrected chi connectivity index (χ3v) is 8.29. The van der Waals surface area contributed by atoms with Crippen LogP contribution < -0.4 is 28.7 Å². The van der Waals surface area contributed by atoms with Gasteiger partial charge in [0.15, 0.2) is 6.73 Å². The molecule has 39 heavy (non-hydrogen) atoms. The second kappa shape index (κ2) is 13.9. The van der Waals surface area contributed by atoms with Crippen LogP contribution in [-0.2, 0) is 32.8 Å². The van der Waals surface area contributed by atoms with Gasteiger partial charge in [-0.3, -0.25) is 18.7 Å². The Morgan fingerprint density at radius 3 is 2.56 bits per heavy atom. The van der Waals surface area contributed by atoms with Gasteiger partial charge in [-0.1, -0.05) is 12.1 Å². The summed E-state index contributed by atoms with van der Waals surface area (Å²) in [6.07, 6.45) is 1.71. The smallest absolute Gasteiger partial charge is 0.510 e. The molecule has 1 aliphatic rings. The maximum absolute atomic E-state index is 13.5. The van der Waals surface area contributed by atoms with E-state index in [1.54, 1.807) is 17.9 Å². The van der Waals surface area contributed by atoms with Crippen LogP contribution in [0.1, 0.15) is 23.2 Å². The van der Waals surface area contributed by atoms with Gasteiger partial charge in [0, 0.05) is 37.0 Å². The van der Waals surface area contributed by atoms with Crippen LogP contribution >= 0.6 is 0 Å². The van der Waals surface area contributed by atoms with Crippen molar-refractivity contribution in [3.05, 3.63) is 47.3 Å². The average Bonchev–Trinajstić information content (AvgIpc) is 3.27. The summed E-state index contributed by atoms with van der Waals surface area (Å²) in [5.41, 5.74) is 3.82. The molecule has 4 rings (SSSR count). The minimum atomic E-state index is -1.54. The van der Waals surface area contributed by atoms with Crippen LogP contribution in [0.2, 0.25) is 0 Å². The number of aryl methyl sites for hydroxylation is 1. The van der Waals surface area contributed by atoms with Crippen LogP contribution in [0.15, 0.2) is 35.6 Å². The molecule has 0 radical (unpaired) electrons. The Morgan fingerprint density at radius 1 is 1.13 bits per heavy atom. The average molecular weight is 672 g/mol. The van der Waals surface area contributed by atoms with Gasteiger partial charge >= 0.3 is 6.16 Å². The largest absolute Gasteiger partial charge is 1.00 e. The van der Waals surface area contributed by atoms with Crippen molar-refractivity contribution in [2.45, 2.75) is 37.9 Å². The number of nitrogens with zero attached hydrogens (tertiary/aromatic N) is 5. The fraction of sp³-hybridized carbons (Fsp3) is 0.519. The van der Waals surface area contributed by atoms with Crippen molar-refractivity contribution in [1.29, 1.82) is 0 Å². The molecule has 12 heteroatoms. The molecule has 0 N–H and O–H groups in total. The van der Waals surface area contributed by atoms with Crippen molar-refractivity contribution in [3.8, 4) is 5.75 Å². The first kappa shape index (κ1) is 31.2. The number of rotatable bonds is 10. The number of ether oxygens (including phenoxy) is 3. The number of quaternary nitrogens is 1. The predicted octanol–water partition coefficient (Wildman–Crippen LogP) is 0.261. The number of pyridine rings is 1. The maximum Gasteiger partial charge on any atom is 0.510 e. The predicted molar refractivity (Wildman–Crippen MR) is 145 cm³/mol. The van der Waals surface area contributed by atoms with Gasteiger partial charge in [0.05, 0.1) is 74.2 Å². The summed E-state index contributed by atoms with van der Waals surface area (Å²) in [6.45, 7) is 9.20. The highest BCUT2D eigenvalue weighted by molar-refractivity contribution is 7.84. The molecule has 3 heterocycles. The van der Waals surface area contributed by atoms with Crippen LogP contribution in [0.25, 0.3) is 11.0 Å². The summed E-state index contributed by atoms with van der Waals surface area (Å²) in [6, 6.07) is 7.42. The van der Waals surface area contributed by atoms with E-state index in [0.717, 1.165) is 66.0 Å². The van der Waals surface area contributed by atoms with Crippen molar-refractivity contribution in [1.82, 2.24) is 19.4 Å². The van der Waals surface area contributed by atoms with Gasteiger partial charge in [0.2, 0.25) is 5.16 Å². The highest BCUT2D eigenvalue weighted by Crippen LogP contribution is 2.26. The van der Waals surface area contributed by atoms with Gasteiger partial charge in [-0.15, -0.1) is 0 Å². The van der Waals surface area contributed by atoms with Gasteiger partial charge in [0.1, 0.15) is 5.75 Å². The number of likely N-dealkylation sites (N-methyl/N-ethyl adjacent to an activating group) is 1. The Balaban J connectivity index is 0.00000420. The van der Waals surface area contributed by atoms with Crippen molar-refractivity contribution in [2.24, 2.45) is 0 Å². The zero-order valence-electron chi connectivity index (χ0n) is 23.3. The van der Waals surface area contributed by atoms with E-state index >= 15 is 0 Å². The zero-order chi connectivity index (χ0) is 27.3. The number of hydrogen-bond donors (Lipinski definition) is 0. The monoisotopic (exact) mass is 671 g/mol. The number of carbonyl (C=O) groups is 1. The molecule has 1 saturated heterocycles. The van der Waals surface area contributed by atoms with Crippen molar-refractivity contribution >= 4 is 28.0 Å². The summed E-state index contributed by atoms with van der Waals surface area (Å²) in [7, 11) is 4.57. The van der Waals surface area contributed by atoms with Crippen LogP contribution in [0, 0.1) is 13.8 Å². The normalized spacial score (nSPS) is 15.9. The highest BCUT2D eigenvalue weighted by Gasteiger charge is 2.24. The molecule has 0 amide bonds. The molecule has 2 aromatic heterocycles. The number of methoxy groups -OCH3 is 1. The number of aromatic nitrogens is 3. The van der Waals surface area contributed by atoms with Gasteiger partial charge in [-0.2, -0.15) is 0 Å². The summed E-state index contributed by atoms with van der Waals surface area (Å²) < 4.78 is 32.4.